The lowest BCUT2D eigenvalue weighted by Gasteiger charge is -2.12. The zero-order valence-electron chi connectivity index (χ0n) is 23.9. The van der Waals surface area contributed by atoms with Gasteiger partial charge in [0, 0.05) is 18.1 Å². The average molecular weight is 584 g/mol. The smallest absolute Gasteiger partial charge is 0.355 e. The summed E-state index contributed by atoms with van der Waals surface area (Å²) in [5.74, 6) is -1.41. The molecule has 0 radical (unpaired) electrons. The summed E-state index contributed by atoms with van der Waals surface area (Å²) in [6.07, 6.45) is 1.48. The molecule has 0 saturated carbocycles. The summed E-state index contributed by atoms with van der Waals surface area (Å²) < 4.78 is 36.8. The van der Waals surface area contributed by atoms with Gasteiger partial charge >= 0.3 is 11.7 Å². The van der Waals surface area contributed by atoms with E-state index in [0.29, 0.717) is 48.7 Å². The van der Waals surface area contributed by atoms with Gasteiger partial charge in [0.2, 0.25) is 0 Å². The molecule has 0 aliphatic rings. The van der Waals surface area contributed by atoms with Crippen molar-refractivity contribution < 1.29 is 23.4 Å². The van der Waals surface area contributed by atoms with E-state index in [9.17, 15) is 23.5 Å². The number of ether oxygens (including phenoxy) is 1. The van der Waals surface area contributed by atoms with Crippen LogP contribution in [0.25, 0.3) is 22.5 Å². The van der Waals surface area contributed by atoms with Gasteiger partial charge in [-0.2, -0.15) is 4.68 Å². The highest BCUT2D eigenvalue weighted by molar-refractivity contribution is 5.74. The van der Waals surface area contributed by atoms with Gasteiger partial charge in [-0.15, -0.1) is 5.10 Å². The van der Waals surface area contributed by atoms with Gasteiger partial charge in [-0.25, -0.2) is 18.1 Å². The molecule has 9 heteroatoms. The molecule has 5 aromatic rings. The molecular formula is C34H31F2N3O4. The Kier molecular flexibility index (Phi) is 8.80. The second-order valence-corrected chi connectivity index (χ2v) is 10.3. The van der Waals surface area contributed by atoms with E-state index in [1.165, 1.54) is 4.68 Å². The van der Waals surface area contributed by atoms with Crippen molar-refractivity contribution in [3.05, 3.63) is 130 Å². The lowest BCUT2D eigenvalue weighted by atomic mass is 9.98. The molecule has 0 unspecified atom stereocenters. The van der Waals surface area contributed by atoms with Crippen LogP contribution in [0.15, 0.2) is 89.7 Å². The molecule has 0 amide bonds. The van der Waals surface area contributed by atoms with Gasteiger partial charge in [-0.05, 0) is 79.8 Å². The number of nitrogens with zero attached hydrogens (tertiary/aromatic N) is 3. The number of carboxylic acid groups (broad SMARTS) is 1. The predicted molar refractivity (Wildman–Crippen MR) is 160 cm³/mol. The Bertz CT molecular complexity index is 1810. The van der Waals surface area contributed by atoms with E-state index in [1.807, 2.05) is 62.4 Å². The van der Waals surface area contributed by atoms with E-state index in [1.54, 1.807) is 18.2 Å². The third-order valence-corrected chi connectivity index (χ3v) is 7.13. The van der Waals surface area contributed by atoms with Crippen LogP contribution < -0.4 is 10.4 Å². The number of halogens is 2. The van der Waals surface area contributed by atoms with Crippen LogP contribution in [0.3, 0.4) is 0 Å². The standard InChI is InChI=1S/C34H31F2N3O4/c1-3-43-31-18-13-25(19-26(31)20-33(40)41)24-11-9-23(10-12-24)5-4-6-32-37-39(28-15-7-22(2)8-16-28)34(42)38(32)30-21-27(35)14-17-29(30)36/h7-19,21H,3-6,20H2,1-2H3,(H,40,41). The first-order valence-corrected chi connectivity index (χ1v) is 14.0. The highest BCUT2D eigenvalue weighted by Gasteiger charge is 2.19. The van der Waals surface area contributed by atoms with Crippen molar-refractivity contribution in [3.63, 3.8) is 0 Å². The summed E-state index contributed by atoms with van der Waals surface area (Å²) in [6.45, 7) is 4.23. The van der Waals surface area contributed by atoms with E-state index in [0.717, 1.165) is 45.0 Å². The average Bonchev–Trinajstić information content (AvgIpc) is 3.31. The van der Waals surface area contributed by atoms with Crippen molar-refractivity contribution >= 4 is 5.97 Å². The quantitative estimate of drug-likeness (QED) is 0.192. The normalized spacial score (nSPS) is 11.1. The molecule has 1 N–H and O–H groups in total. The number of aryl methyl sites for hydroxylation is 3. The number of hydrogen-bond acceptors (Lipinski definition) is 4. The van der Waals surface area contributed by atoms with Crippen molar-refractivity contribution in [2.45, 2.75) is 39.5 Å². The van der Waals surface area contributed by atoms with Crippen molar-refractivity contribution in [2.75, 3.05) is 6.61 Å². The zero-order valence-corrected chi connectivity index (χ0v) is 23.9. The fourth-order valence-corrected chi connectivity index (χ4v) is 4.99. The van der Waals surface area contributed by atoms with E-state index in [2.05, 4.69) is 5.10 Å². The minimum Gasteiger partial charge on any atom is -0.494 e. The number of aliphatic carboxylic acids is 1. The van der Waals surface area contributed by atoms with E-state index < -0.39 is 23.3 Å². The number of benzene rings is 4. The maximum Gasteiger partial charge on any atom is 0.355 e. The minimum absolute atomic E-state index is 0.133. The first kappa shape index (κ1) is 29.4. The molecule has 4 aromatic carbocycles. The summed E-state index contributed by atoms with van der Waals surface area (Å²) in [5.41, 5.74) is 4.27. The molecule has 7 nitrogen and oxygen atoms in total. The monoisotopic (exact) mass is 583 g/mol. The number of carbonyl (C=O) groups is 1. The van der Waals surface area contributed by atoms with Gasteiger partial charge in [0.1, 0.15) is 23.2 Å². The second kappa shape index (κ2) is 12.9. The van der Waals surface area contributed by atoms with Crippen LogP contribution in [0.1, 0.15) is 35.9 Å². The van der Waals surface area contributed by atoms with Gasteiger partial charge in [-0.3, -0.25) is 4.79 Å². The van der Waals surface area contributed by atoms with Gasteiger partial charge in [-0.1, -0.05) is 48.0 Å². The largest absolute Gasteiger partial charge is 0.494 e. The Labute approximate surface area is 247 Å². The minimum atomic E-state index is -0.928. The van der Waals surface area contributed by atoms with E-state index >= 15 is 0 Å². The van der Waals surface area contributed by atoms with Gasteiger partial charge in [0.25, 0.3) is 0 Å². The van der Waals surface area contributed by atoms with Crippen LogP contribution in [0.4, 0.5) is 8.78 Å². The number of aromatic nitrogens is 3. The van der Waals surface area contributed by atoms with Crippen LogP contribution in [0.2, 0.25) is 0 Å². The molecular weight excluding hydrogens is 552 g/mol. The summed E-state index contributed by atoms with van der Waals surface area (Å²) in [7, 11) is 0. The molecule has 0 aliphatic carbocycles. The van der Waals surface area contributed by atoms with Crippen molar-refractivity contribution in [3.8, 4) is 28.3 Å². The second-order valence-electron chi connectivity index (χ2n) is 10.3. The molecule has 0 bridgehead atoms. The van der Waals surface area contributed by atoms with E-state index in [-0.39, 0.29) is 12.1 Å². The summed E-state index contributed by atoms with van der Waals surface area (Å²) in [4.78, 5) is 24.8. The van der Waals surface area contributed by atoms with Gasteiger partial charge < -0.3 is 9.84 Å². The first-order chi connectivity index (χ1) is 20.7. The van der Waals surface area contributed by atoms with Crippen molar-refractivity contribution in [1.29, 1.82) is 0 Å². The molecule has 0 fully saturated rings. The van der Waals surface area contributed by atoms with E-state index in [4.69, 9.17) is 4.74 Å². The first-order valence-electron chi connectivity index (χ1n) is 14.0. The van der Waals surface area contributed by atoms with Crippen LogP contribution >= 0.6 is 0 Å². The summed E-state index contributed by atoms with van der Waals surface area (Å²) in [5, 5.41) is 13.8. The maximum absolute atomic E-state index is 14.8. The van der Waals surface area contributed by atoms with Crippen molar-refractivity contribution in [2.24, 2.45) is 0 Å². The number of rotatable bonds is 11. The number of carboxylic acids is 1. The highest BCUT2D eigenvalue weighted by atomic mass is 19.1. The Morgan fingerprint density at radius 1 is 0.907 bits per heavy atom. The lowest BCUT2D eigenvalue weighted by Crippen LogP contribution is -2.24. The van der Waals surface area contributed by atoms with Crippen molar-refractivity contribution in [1.82, 2.24) is 14.3 Å². The lowest BCUT2D eigenvalue weighted by molar-refractivity contribution is -0.136. The Morgan fingerprint density at radius 3 is 2.33 bits per heavy atom. The molecule has 43 heavy (non-hydrogen) atoms. The van der Waals surface area contributed by atoms with Crippen LogP contribution in [0.5, 0.6) is 5.75 Å². The van der Waals surface area contributed by atoms with Crippen LogP contribution in [-0.4, -0.2) is 32.0 Å². The molecule has 0 saturated heterocycles. The Balaban J connectivity index is 1.36. The fourth-order valence-electron chi connectivity index (χ4n) is 4.99. The summed E-state index contributed by atoms with van der Waals surface area (Å²) in [6, 6.07) is 23.7. The predicted octanol–water partition coefficient (Wildman–Crippen LogP) is 6.48. The molecule has 0 aliphatic heterocycles. The summed E-state index contributed by atoms with van der Waals surface area (Å²) >= 11 is 0. The van der Waals surface area contributed by atoms with Gasteiger partial charge in [0.05, 0.1) is 24.4 Å². The third kappa shape index (κ3) is 6.72. The molecule has 0 atom stereocenters. The van der Waals surface area contributed by atoms with Crippen LogP contribution in [-0.2, 0) is 24.1 Å². The Morgan fingerprint density at radius 2 is 1.63 bits per heavy atom. The van der Waals surface area contributed by atoms with Crippen LogP contribution in [0, 0.1) is 18.6 Å². The Hall–Kier alpha value is -5.05. The molecule has 220 valence electrons. The molecule has 5 rings (SSSR count). The topological polar surface area (TPSA) is 86.4 Å². The van der Waals surface area contributed by atoms with Gasteiger partial charge in [0.15, 0.2) is 0 Å². The molecule has 1 heterocycles. The number of hydrogen-bond donors (Lipinski definition) is 1. The maximum atomic E-state index is 14.8. The third-order valence-electron chi connectivity index (χ3n) is 7.13. The fraction of sp³-hybridized carbons (Fsp3) is 0.206. The highest BCUT2D eigenvalue weighted by Crippen LogP contribution is 2.28. The SMILES string of the molecule is CCOc1ccc(-c2ccc(CCCc3nn(-c4ccc(C)cc4)c(=O)n3-c3cc(F)ccc3F)cc2)cc1CC(=O)O. The molecule has 1 aromatic heterocycles. The zero-order chi connectivity index (χ0) is 30.5. The molecule has 0 spiro atoms.